The summed E-state index contributed by atoms with van der Waals surface area (Å²) in [6.07, 6.45) is 4.57. The predicted molar refractivity (Wildman–Crippen MR) is 77.8 cm³/mol. The number of pyridine rings is 1. The van der Waals surface area contributed by atoms with Crippen molar-refractivity contribution in [2.75, 3.05) is 13.2 Å². The summed E-state index contributed by atoms with van der Waals surface area (Å²) in [5, 5.41) is 0. The Labute approximate surface area is 123 Å². The van der Waals surface area contributed by atoms with Gasteiger partial charge in [0.2, 0.25) is 12.3 Å². The van der Waals surface area contributed by atoms with Gasteiger partial charge < -0.3 is 9.47 Å². The number of benzene rings is 1. The molecular formula is C17H18NO3+. The van der Waals surface area contributed by atoms with E-state index in [-0.39, 0.29) is 5.78 Å². The molecule has 0 unspecified atom stereocenters. The van der Waals surface area contributed by atoms with Gasteiger partial charge in [-0.25, -0.2) is 0 Å². The zero-order valence-electron chi connectivity index (χ0n) is 12.0. The Hall–Kier alpha value is -2.36. The lowest BCUT2D eigenvalue weighted by Gasteiger charge is -2.20. The molecule has 0 saturated heterocycles. The molecule has 0 saturated carbocycles. The van der Waals surface area contributed by atoms with E-state index in [0.717, 1.165) is 23.3 Å². The second-order valence-corrected chi connectivity index (χ2v) is 4.98. The lowest BCUT2D eigenvalue weighted by atomic mass is 10.00. The average molecular weight is 284 g/mol. The number of Topliss-reactive ketones (excluding diaryl/α,β-unsaturated/α-hetero) is 1. The van der Waals surface area contributed by atoms with Gasteiger partial charge in [-0.15, -0.1) is 0 Å². The molecule has 1 aliphatic heterocycles. The minimum absolute atomic E-state index is 0.0834. The van der Waals surface area contributed by atoms with E-state index in [4.69, 9.17) is 9.47 Å². The summed E-state index contributed by atoms with van der Waals surface area (Å²) in [6.45, 7) is 3.45. The Bertz CT molecular complexity index is 653. The largest absolute Gasteiger partial charge is 0.486 e. The van der Waals surface area contributed by atoms with Crippen LogP contribution in [0.3, 0.4) is 0 Å². The minimum Gasteiger partial charge on any atom is -0.486 e. The van der Waals surface area contributed by atoms with Gasteiger partial charge in [0, 0.05) is 17.7 Å². The van der Waals surface area contributed by atoms with E-state index in [1.54, 1.807) is 0 Å². The van der Waals surface area contributed by atoms with Crippen LogP contribution in [-0.4, -0.2) is 19.0 Å². The van der Waals surface area contributed by atoms with Crippen LogP contribution in [0.25, 0.3) is 0 Å². The number of hydrogen-bond acceptors (Lipinski definition) is 3. The van der Waals surface area contributed by atoms with Crippen molar-refractivity contribution in [2.24, 2.45) is 0 Å². The fourth-order valence-corrected chi connectivity index (χ4v) is 2.47. The second-order valence-electron chi connectivity index (χ2n) is 4.98. The van der Waals surface area contributed by atoms with Crippen molar-refractivity contribution in [3.05, 3.63) is 53.9 Å². The molecule has 2 heterocycles. The van der Waals surface area contributed by atoms with Gasteiger partial charge in [0.05, 0.1) is 0 Å². The Morgan fingerprint density at radius 1 is 1.10 bits per heavy atom. The third kappa shape index (κ3) is 2.89. The summed E-state index contributed by atoms with van der Waals surface area (Å²) in [5.74, 6) is 1.49. The van der Waals surface area contributed by atoms with Gasteiger partial charge in [0.25, 0.3) is 0 Å². The minimum atomic E-state index is 0.0834. The molecule has 0 atom stereocenters. The standard InChI is InChI=1S/C17H18NO3/c1-2-13-10-16-17(21-9-8-20-16)11-14(13)15(19)12-18-6-4-3-5-7-18/h3-7,10-11H,2,8-9,12H2,1H3/q+1. The number of fused-ring (bicyclic) bond motifs is 1. The van der Waals surface area contributed by atoms with Crippen molar-refractivity contribution < 1.29 is 18.8 Å². The van der Waals surface area contributed by atoms with Crippen LogP contribution < -0.4 is 14.0 Å². The fourth-order valence-electron chi connectivity index (χ4n) is 2.47. The van der Waals surface area contributed by atoms with E-state index in [2.05, 4.69) is 0 Å². The first-order valence-electron chi connectivity index (χ1n) is 7.17. The molecule has 108 valence electrons. The number of rotatable bonds is 4. The Morgan fingerprint density at radius 2 is 1.76 bits per heavy atom. The molecule has 0 spiro atoms. The lowest BCUT2D eigenvalue weighted by Crippen LogP contribution is -2.37. The van der Waals surface area contributed by atoms with Crippen LogP contribution in [0.5, 0.6) is 11.5 Å². The molecule has 0 bridgehead atoms. The average Bonchev–Trinajstić information content (AvgIpc) is 2.54. The molecule has 1 aromatic carbocycles. The first kappa shape index (κ1) is 13.6. The van der Waals surface area contributed by atoms with Gasteiger partial charge in [-0.3, -0.25) is 4.79 Å². The topological polar surface area (TPSA) is 39.4 Å². The fraction of sp³-hybridized carbons (Fsp3) is 0.294. The molecule has 2 aromatic rings. The van der Waals surface area contributed by atoms with Crippen LogP contribution in [0.2, 0.25) is 0 Å². The molecule has 4 heteroatoms. The molecule has 0 radical (unpaired) electrons. The van der Waals surface area contributed by atoms with E-state index in [0.29, 0.717) is 25.5 Å². The highest BCUT2D eigenvalue weighted by Gasteiger charge is 2.21. The maximum atomic E-state index is 12.6. The van der Waals surface area contributed by atoms with Gasteiger partial charge in [0.15, 0.2) is 23.9 Å². The molecule has 0 aliphatic carbocycles. The summed E-state index contributed by atoms with van der Waals surface area (Å²) >= 11 is 0. The van der Waals surface area contributed by atoms with E-state index in [1.807, 2.05) is 54.2 Å². The summed E-state index contributed by atoms with van der Waals surface area (Å²) in [4.78, 5) is 12.6. The smallest absolute Gasteiger partial charge is 0.227 e. The van der Waals surface area contributed by atoms with Gasteiger partial charge in [-0.1, -0.05) is 13.0 Å². The van der Waals surface area contributed by atoms with E-state index in [1.165, 1.54) is 0 Å². The maximum Gasteiger partial charge on any atom is 0.227 e. The molecule has 0 fully saturated rings. The highest BCUT2D eigenvalue weighted by Crippen LogP contribution is 2.33. The van der Waals surface area contributed by atoms with Crippen molar-refractivity contribution in [1.82, 2.24) is 0 Å². The molecule has 1 aromatic heterocycles. The predicted octanol–water partition coefficient (Wildman–Crippen LogP) is 2.19. The van der Waals surface area contributed by atoms with Crippen LogP contribution in [-0.2, 0) is 13.0 Å². The van der Waals surface area contributed by atoms with Crippen LogP contribution in [0.1, 0.15) is 22.8 Å². The van der Waals surface area contributed by atoms with Gasteiger partial charge in [-0.2, -0.15) is 4.57 Å². The van der Waals surface area contributed by atoms with E-state index < -0.39 is 0 Å². The Balaban J connectivity index is 1.91. The van der Waals surface area contributed by atoms with Gasteiger partial charge >= 0.3 is 0 Å². The Kier molecular flexibility index (Phi) is 3.86. The SMILES string of the molecule is CCc1cc2c(cc1C(=O)C[n+]1ccccc1)OCCO2. The van der Waals surface area contributed by atoms with Crippen molar-refractivity contribution in [2.45, 2.75) is 19.9 Å². The van der Waals surface area contributed by atoms with E-state index in [9.17, 15) is 4.79 Å². The number of nitrogens with zero attached hydrogens (tertiary/aromatic N) is 1. The quantitative estimate of drug-likeness (QED) is 0.638. The van der Waals surface area contributed by atoms with Crippen molar-refractivity contribution >= 4 is 5.78 Å². The molecule has 3 rings (SSSR count). The first-order valence-corrected chi connectivity index (χ1v) is 7.17. The van der Waals surface area contributed by atoms with E-state index >= 15 is 0 Å². The van der Waals surface area contributed by atoms with Gasteiger partial charge in [0.1, 0.15) is 13.2 Å². The molecule has 0 N–H and O–H groups in total. The number of hydrogen-bond donors (Lipinski definition) is 0. The molecule has 0 amide bonds. The van der Waals surface area contributed by atoms with Crippen molar-refractivity contribution in [1.29, 1.82) is 0 Å². The number of carbonyl (C=O) groups excluding carboxylic acids is 1. The van der Waals surface area contributed by atoms with Crippen molar-refractivity contribution in [3.63, 3.8) is 0 Å². The summed E-state index contributed by atoms with van der Waals surface area (Å²) in [6, 6.07) is 9.51. The zero-order chi connectivity index (χ0) is 14.7. The number of aromatic nitrogens is 1. The third-order valence-corrected chi connectivity index (χ3v) is 3.55. The summed E-state index contributed by atoms with van der Waals surface area (Å²) in [5.41, 5.74) is 1.72. The molecule has 4 nitrogen and oxygen atoms in total. The zero-order valence-corrected chi connectivity index (χ0v) is 12.0. The van der Waals surface area contributed by atoms with Crippen LogP contribution >= 0.6 is 0 Å². The summed E-state index contributed by atoms with van der Waals surface area (Å²) < 4.78 is 13.0. The molecule has 21 heavy (non-hydrogen) atoms. The van der Waals surface area contributed by atoms with Crippen molar-refractivity contribution in [3.8, 4) is 11.5 Å². The monoisotopic (exact) mass is 284 g/mol. The van der Waals surface area contributed by atoms with Crippen LogP contribution in [0.4, 0.5) is 0 Å². The molecule has 1 aliphatic rings. The number of carbonyl (C=O) groups is 1. The van der Waals surface area contributed by atoms with Crippen LogP contribution in [0, 0.1) is 0 Å². The Morgan fingerprint density at radius 3 is 2.43 bits per heavy atom. The van der Waals surface area contributed by atoms with Gasteiger partial charge in [-0.05, 0) is 24.1 Å². The summed E-state index contributed by atoms with van der Waals surface area (Å²) in [7, 11) is 0. The molecular weight excluding hydrogens is 266 g/mol. The number of ether oxygens (including phenoxy) is 2. The number of ketones is 1. The first-order chi connectivity index (χ1) is 10.3. The second kappa shape index (κ2) is 5.95. The maximum absolute atomic E-state index is 12.6. The number of aryl methyl sites for hydroxylation is 1. The lowest BCUT2D eigenvalue weighted by molar-refractivity contribution is -0.683. The third-order valence-electron chi connectivity index (χ3n) is 3.55. The highest BCUT2D eigenvalue weighted by molar-refractivity contribution is 5.97. The normalized spacial score (nSPS) is 13.0. The van der Waals surface area contributed by atoms with Crippen LogP contribution in [0.15, 0.2) is 42.7 Å². The highest BCUT2D eigenvalue weighted by atomic mass is 16.6.